The zero-order chi connectivity index (χ0) is 14.7. The number of carbonyl (C=O) groups is 1. The zero-order valence-corrected chi connectivity index (χ0v) is 11.3. The Kier molecular flexibility index (Phi) is 3.93. The van der Waals surface area contributed by atoms with Gasteiger partial charge in [0.25, 0.3) is 5.91 Å². The first-order valence-electron chi connectivity index (χ1n) is 6.21. The van der Waals surface area contributed by atoms with Gasteiger partial charge in [-0.3, -0.25) is 4.79 Å². The van der Waals surface area contributed by atoms with Gasteiger partial charge >= 0.3 is 0 Å². The molecule has 1 aromatic heterocycles. The Balaban J connectivity index is 2.32. The summed E-state index contributed by atoms with van der Waals surface area (Å²) in [5.41, 5.74) is 7.90. The number of hydrogen-bond donors (Lipinski definition) is 2. The van der Waals surface area contributed by atoms with E-state index in [0.717, 1.165) is 0 Å². The molecule has 0 atom stereocenters. The second-order valence-corrected chi connectivity index (χ2v) is 4.39. The summed E-state index contributed by atoms with van der Waals surface area (Å²) in [6, 6.07) is 5.47. The number of nitrogens with two attached hydrogens (primary N) is 1. The fraction of sp³-hybridized carbons (Fsp3) is 0.214. The van der Waals surface area contributed by atoms with Gasteiger partial charge in [0.1, 0.15) is 5.82 Å². The Bertz CT molecular complexity index is 658. The van der Waals surface area contributed by atoms with Gasteiger partial charge in [0, 0.05) is 0 Å². The molecular formula is C14H15FN4O. The van der Waals surface area contributed by atoms with E-state index in [1.165, 1.54) is 18.2 Å². The average molecular weight is 274 g/mol. The minimum absolute atomic E-state index is 0.242. The maximum Gasteiger partial charge on any atom is 0.257 e. The second kappa shape index (κ2) is 5.64. The van der Waals surface area contributed by atoms with Crippen molar-refractivity contribution in [3.63, 3.8) is 0 Å². The van der Waals surface area contributed by atoms with Gasteiger partial charge in [-0.2, -0.15) is 10.2 Å². The third-order valence-electron chi connectivity index (χ3n) is 2.84. The number of amides is 1. The van der Waals surface area contributed by atoms with E-state index in [1.807, 2.05) is 6.92 Å². The van der Waals surface area contributed by atoms with Gasteiger partial charge in [-0.25, -0.2) is 4.39 Å². The van der Waals surface area contributed by atoms with Crippen molar-refractivity contribution in [3.8, 4) is 0 Å². The molecule has 0 aliphatic heterocycles. The zero-order valence-electron chi connectivity index (χ0n) is 11.3. The minimum atomic E-state index is -0.464. The van der Waals surface area contributed by atoms with E-state index in [-0.39, 0.29) is 11.6 Å². The molecule has 0 fully saturated rings. The van der Waals surface area contributed by atoms with E-state index < -0.39 is 5.82 Å². The lowest BCUT2D eigenvalue weighted by atomic mass is 10.1. The number of aryl methyl sites for hydroxylation is 2. The normalized spacial score (nSPS) is 10.3. The van der Waals surface area contributed by atoms with Crippen molar-refractivity contribution in [1.82, 2.24) is 10.2 Å². The number of rotatable bonds is 3. The van der Waals surface area contributed by atoms with Gasteiger partial charge in [-0.05, 0) is 37.6 Å². The van der Waals surface area contributed by atoms with Crippen molar-refractivity contribution >= 4 is 17.3 Å². The average Bonchev–Trinajstić information content (AvgIpc) is 2.42. The third kappa shape index (κ3) is 2.90. The molecule has 0 aliphatic rings. The molecule has 1 heterocycles. The number of benzene rings is 1. The molecule has 2 rings (SSSR count). The van der Waals surface area contributed by atoms with Crippen LogP contribution in [0.2, 0.25) is 0 Å². The van der Waals surface area contributed by atoms with Crippen LogP contribution in [0.5, 0.6) is 0 Å². The highest BCUT2D eigenvalue weighted by atomic mass is 19.1. The number of anilines is 2. The summed E-state index contributed by atoms with van der Waals surface area (Å²) >= 11 is 0. The summed E-state index contributed by atoms with van der Waals surface area (Å²) in [4.78, 5) is 12.3. The summed E-state index contributed by atoms with van der Waals surface area (Å²) in [6.07, 6.45) is 0.578. The van der Waals surface area contributed by atoms with Crippen LogP contribution in [0, 0.1) is 12.7 Å². The van der Waals surface area contributed by atoms with Crippen LogP contribution >= 0.6 is 0 Å². The van der Waals surface area contributed by atoms with Crippen molar-refractivity contribution in [1.29, 1.82) is 0 Å². The van der Waals surface area contributed by atoms with Gasteiger partial charge in [0.2, 0.25) is 0 Å². The van der Waals surface area contributed by atoms with Gasteiger partial charge in [-0.1, -0.05) is 6.92 Å². The lowest BCUT2D eigenvalue weighted by Crippen LogP contribution is -2.17. The summed E-state index contributed by atoms with van der Waals surface area (Å²) in [5.74, 6) is -0.841. The van der Waals surface area contributed by atoms with Crippen LogP contribution in [-0.4, -0.2) is 16.1 Å². The molecule has 0 bridgehead atoms. The third-order valence-corrected chi connectivity index (χ3v) is 2.84. The summed E-state index contributed by atoms with van der Waals surface area (Å²) in [5, 5.41) is 10.5. The Hall–Kier alpha value is -2.50. The molecule has 0 radical (unpaired) electrons. The van der Waals surface area contributed by atoms with Crippen LogP contribution in [0.4, 0.5) is 15.8 Å². The van der Waals surface area contributed by atoms with Gasteiger partial charge in [0.05, 0.1) is 28.3 Å². The van der Waals surface area contributed by atoms with E-state index in [9.17, 15) is 9.18 Å². The fourth-order valence-electron chi connectivity index (χ4n) is 1.80. The number of nitrogens with zero attached hydrogens (tertiary/aromatic N) is 2. The van der Waals surface area contributed by atoms with Crippen LogP contribution in [0.15, 0.2) is 24.3 Å². The number of nitrogen functional groups attached to an aromatic ring is 1. The van der Waals surface area contributed by atoms with E-state index in [0.29, 0.717) is 29.1 Å². The van der Waals surface area contributed by atoms with Crippen LogP contribution in [0.25, 0.3) is 0 Å². The fourth-order valence-corrected chi connectivity index (χ4v) is 1.80. The maximum atomic E-state index is 13.2. The molecule has 6 heteroatoms. The Morgan fingerprint density at radius 1 is 1.35 bits per heavy atom. The number of carbonyl (C=O) groups excluding carboxylic acids is 1. The second-order valence-electron chi connectivity index (χ2n) is 4.39. The Labute approximate surface area is 116 Å². The molecular weight excluding hydrogens is 259 g/mol. The van der Waals surface area contributed by atoms with Crippen LogP contribution < -0.4 is 11.1 Å². The number of hydrogen-bond acceptors (Lipinski definition) is 4. The monoisotopic (exact) mass is 274 g/mol. The number of aromatic nitrogens is 2. The number of nitrogens with one attached hydrogen (secondary N) is 1. The smallest absolute Gasteiger partial charge is 0.257 e. The summed E-state index contributed by atoms with van der Waals surface area (Å²) < 4.78 is 13.2. The molecule has 0 aliphatic carbocycles. The summed E-state index contributed by atoms with van der Waals surface area (Å²) in [7, 11) is 0. The van der Waals surface area contributed by atoms with Gasteiger partial charge in [-0.15, -0.1) is 0 Å². The Morgan fingerprint density at radius 3 is 2.80 bits per heavy atom. The summed E-state index contributed by atoms with van der Waals surface area (Å²) in [6.45, 7) is 3.63. The van der Waals surface area contributed by atoms with Gasteiger partial charge < -0.3 is 11.1 Å². The van der Waals surface area contributed by atoms with Crippen molar-refractivity contribution in [3.05, 3.63) is 47.0 Å². The van der Waals surface area contributed by atoms with Crippen LogP contribution in [0.1, 0.15) is 28.7 Å². The van der Waals surface area contributed by atoms with Crippen LogP contribution in [0.3, 0.4) is 0 Å². The molecule has 3 N–H and O–H groups in total. The number of halogens is 1. The first-order valence-corrected chi connectivity index (χ1v) is 6.21. The maximum absolute atomic E-state index is 13.2. The van der Waals surface area contributed by atoms with Crippen molar-refractivity contribution in [2.24, 2.45) is 0 Å². The first kappa shape index (κ1) is 13.9. The van der Waals surface area contributed by atoms with Gasteiger partial charge in [0.15, 0.2) is 0 Å². The van der Waals surface area contributed by atoms with Crippen LogP contribution in [-0.2, 0) is 6.42 Å². The van der Waals surface area contributed by atoms with E-state index in [2.05, 4.69) is 15.5 Å². The standard InChI is InChI=1S/C14H15FN4O/c1-3-12-10(6-8(2)18-19-12)14(20)17-13-7-9(15)4-5-11(13)16/h4-7H,3,16H2,1-2H3,(H,17,20). The van der Waals surface area contributed by atoms with E-state index in [1.54, 1.807) is 13.0 Å². The first-order chi connectivity index (χ1) is 9.51. The topological polar surface area (TPSA) is 80.9 Å². The highest BCUT2D eigenvalue weighted by Crippen LogP contribution is 2.20. The molecule has 0 saturated heterocycles. The predicted octanol–water partition coefficient (Wildman–Crippen LogP) is 2.32. The molecule has 0 spiro atoms. The lowest BCUT2D eigenvalue weighted by molar-refractivity contribution is 0.102. The highest BCUT2D eigenvalue weighted by Gasteiger charge is 2.14. The quantitative estimate of drug-likeness (QED) is 0.842. The molecule has 5 nitrogen and oxygen atoms in total. The minimum Gasteiger partial charge on any atom is -0.397 e. The Morgan fingerprint density at radius 2 is 2.10 bits per heavy atom. The SMILES string of the molecule is CCc1nnc(C)cc1C(=O)Nc1cc(F)ccc1N. The molecule has 104 valence electrons. The van der Waals surface area contributed by atoms with E-state index in [4.69, 9.17) is 5.73 Å². The molecule has 2 aromatic rings. The molecule has 0 unspecified atom stereocenters. The molecule has 1 amide bonds. The van der Waals surface area contributed by atoms with E-state index >= 15 is 0 Å². The molecule has 0 saturated carbocycles. The van der Waals surface area contributed by atoms with Crippen molar-refractivity contribution < 1.29 is 9.18 Å². The highest BCUT2D eigenvalue weighted by molar-refractivity contribution is 6.06. The van der Waals surface area contributed by atoms with Crippen molar-refractivity contribution in [2.45, 2.75) is 20.3 Å². The largest absolute Gasteiger partial charge is 0.397 e. The molecule has 20 heavy (non-hydrogen) atoms. The predicted molar refractivity (Wildman–Crippen MR) is 74.9 cm³/mol. The lowest BCUT2D eigenvalue weighted by Gasteiger charge is -2.10. The van der Waals surface area contributed by atoms with Crippen molar-refractivity contribution in [2.75, 3.05) is 11.1 Å². The molecule has 1 aromatic carbocycles.